The Labute approximate surface area is 196 Å². The monoisotopic (exact) mass is 472 g/mol. The van der Waals surface area contributed by atoms with E-state index >= 15 is 0 Å². The molecular weight excluding hydrogens is 444 g/mol. The number of esters is 2. The number of aliphatic hydroxyl groups excluding tert-OH is 1. The molecular formula is C25H28O9. The minimum Gasteiger partial charge on any atom is -0.472 e. The van der Waals surface area contributed by atoms with Crippen molar-refractivity contribution >= 4 is 17.7 Å². The van der Waals surface area contributed by atoms with Crippen LogP contribution in [-0.4, -0.2) is 58.9 Å². The summed E-state index contributed by atoms with van der Waals surface area (Å²) in [6, 6.07) is 1.77. The van der Waals surface area contributed by atoms with Crippen LogP contribution in [0.3, 0.4) is 0 Å². The van der Waals surface area contributed by atoms with Gasteiger partial charge in [-0.1, -0.05) is 6.92 Å². The van der Waals surface area contributed by atoms with E-state index in [4.69, 9.17) is 23.4 Å². The van der Waals surface area contributed by atoms with Gasteiger partial charge in [0.1, 0.15) is 24.4 Å². The number of aliphatic hydroxyl groups is 1. The number of rotatable bonds is 1. The van der Waals surface area contributed by atoms with Gasteiger partial charge in [-0.05, 0) is 38.7 Å². The van der Waals surface area contributed by atoms with Crippen LogP contribution in [0.25, 0.3) is 0 Å². The first-order chi connectivity index (χ1) is 16.1. The summed E-state index contributed by atoms with van der Waals surface area (Å²) in [4.78, 5) is 39.3. The summed E-state index contributed by atoms with van der Waals surface area (Å²) in [7, 11) is 0. The van der Waals surface area contributed by atoms with Gasteiger partial charge < -0.3 is 28.5 Å². The number of ether oxygens (including phenoxy) is 4. The molecule has 4 saturated heterocycles. The molecule has 10 atom stereocenters. The lowest BCUT2D eigenvalue weighted by molar-refractivity contribution is -0.234. The van der Waals surface area contributed by atoms with Crippen LogP contribution >= 0.6 is 0 Å². The van der Waals surface area contributed by atoms with Crippen molar-refractivity contribution in [2.24, 2.45) is 28.6 Å². The van der Waals surface area contributed by atoms with Gasteiger partial charge in [-0.15, -0.1) is 0 Å². The van der Waals surface area contributed by atoms with Crippen LogP contribution in [0.4, 0.5) is 0 Å². The van der Waals surface area contributed by atoms with Crippen LogP contribution in [0.1, 0.15) is 51.7 Å². The molecule has 9 nitrogen and oxygen atoms in total. The van der Waals surface area contributed by atoms with Gasteiger partial charge in [0.05, 0.1) is 36.6 Å². The van der Waals surface area contributed by atoms with Crippen molar-refractivity contribution in [3.8, 4) is 0 Å². The Morgan fingerprint density at radius 1 is 1.09 bits per heavy atom. The fraction of sp³-hybridized carbons (Fsp3) is 0.720. The second-order valence-corrected chi connectivity index (χ2v) is 11.6. The Morgan fingerprint density at radius 3 is 2.62 bits per heavy atom. The molecule has 4 aliphatic heterocycles. The van der Waals surface area contributed by atoms with Gasteiger partial charge in [-0.2, -0.15) is 0 Å². The molecule has 2 saturated carbocycles. The van der Waals surface area contributed by atoms with E-state index in [1.54, 1.807) is 12.3 Å². The number of hydrogen-bond acceptors (Lipinski definition) is 9. The first kappa shape index (κ1) is 21.1. The molecule has 6 aliphatic rings. The smallest absolute Gasteiger partial charge is 0.339 e. The van der Waals surface area contributed by atoms with Crippen molar-refractivity contribution in [2.75, 3.05) is 6.61 Å². The molecule has 5 heterocycles. The number of carbonyl (C=O) groups is 3. The van der Waals surface area contributed by atoms with Gasteiger partial charge in [-0.25, -0.2) is 4.79 Å². The van der Waals surface area contributed by atoms with Crippen molar-refractivity contribution < 1.29 is 42.9 Å². The second-order valence-electron chi connectivity index (χ2n) is 11.6. The van der Waals surface area contributed by atoms with Crippen molar-refractivity contribution in [2.45, 2.75) is 75.7 Å². The van der Waals surface area contributed by atoms with E-state index in [1.807, 2.05) is 20.8 Å². The number of furan rings is 1. The Kier molecular flexibility index (Phi) is 3.79. The summed E-state index contributed by atoms with van der Waals surface area (Å²) in [6.07, 6.45) is 1.19. The quantitative estimate of drug-likeness (QED) is 0.480. The maximum Gasteiger partial charge on any atom is 0.339 e. The highest BCUT2D eigenvalue weighted by Crippen LogP contribution is 2.76. The predicted molar refractivity (Wildman–Crippen MR) is 111 cm³/mol. The maximum absolute atomic E-state index is 14.0. The van der Waals surface area contributed by atoms with Gasteiger partial charge in [-0.3, -0.25) is 9.59 Å². The average molecular weight is 472 g/mol. The molecule has 1 aromatic heterocycles. The lowest BCUT2D eigenvalue weighted by Gasteiger charge is -2.64. The summed E-state index contributed by atoms with van der Waals surface area (Å²) in [5.41, 5.74) is -3.05. The second kappa shape index (κ2) is 6.12. The van der Waals surface area contributed by atoms with Crippen molar-refractivity contribution in [1.82, 2.24) is 0 Å². The predicted octanol–water partition coefficient (Wildman–Crippen LogP) is 1.72. The third-order valence-electron chi connectivity index (χ3n) is 10.1. The fourth-order valence-corrected chi connectivity index (χ4v) is 9.01. The van der Waals surface area contributed by atoms with Gasteiger partial charge in [0.15, 0.2) is 11.9 Å². The number of cyclic esters (lactones) is 2. The molecule has 0 aromatic carbocycles. The number of ketones is 1. The molecule has 9 heteroatoms. The van der Waals surface area contributed by atoms with Gasteiger partial charge in [0.25, 0.3) is 0 Å². The summed E-state index contributed by atoms with van der Waals surface area (Å²) in [5.74, 6) is -2.29. The number of carbonyl (C=O) groups excluding carboxylic acids is 3. The lowest BCUT2D eigenvalue weighted by Crippen LogP contribution is -2.74. The van der Waals surface area contributed by atoms with E-state index < -0.39 is 58.3 Å². The Morgan fingerprint density at radius 2 is 1.88 bits per heavy atom. The summed E-state index contributed by atoms with van der Waals surface area (Å²) < 4.78 is 29.3. The molecule has 1 N–H and O–H groups in total. The SMILES string of the molecule is CC1(C)O[C@@H]2CC(=O)OC[C@@]23C1C(=O)[C@H](O)[C@]1(C)[C@@H]3CC[C@H]2[C@H](c3ccoc3)OC(=O)[C@H]3O[C@@]321. The standard InChI is InChI=1S/C25H28O9/c1-22(2)18-16(27)19(28)23(3)13(24(18)10-31-15(26)8-14(24)33-22)5-4-12-17(11-6-7-30-9-11)32-21(29)20-25(12,23)34-20/h6-7,9,12-14,17-20,28H,4-5,8,10H2,1-3H3/t12-,13-,14+,17-,18?,19-,20+,23-,24-,25+/m0/s1. The average Bonchev–Trinajstić information content (AvgIpc) is 3.21. The molecule has 1 unspecified atom stereocenters. The zero-order valence-electron chi connectivity index (χ0n) is 19.3. The van der Waals surface area contributed by atoms with E-state index in [9.17, 15) is 19.5 Å². The highest BCUT2D eigenvalue weighted by Gasteiger charge is 2.87. The Bertz CT molecular complexity index is 1110. The molecule has 1 aromatic rings. The van der Waals surface area contributed by atoms with Crippen molar-refractivity contribution in [1.29, 1.82) is 0 Å². The van der Waals surface area contributed by atoms with Crippen LogP contribution in [-0.2, 0) is 33.3 Å². The van der Waals surface area contributed by atoms with Gasteiger partial charge in [0, 0.05) is 22.3 Å². The maximum atomic E-state index is 14.0. The van der Waals surface area contributed by atoms with E-state index in [0.29, 0.717) is 12.8 Å². The summed E-state index contributed by atoms with van der Waals surface area (Å²) >= 11 is 0. The first-order valence-electron chi connectivity index (χ1n) is 12.0. The van der Waals surface area contributed by atoms with E-state index in [2.05, 4.69) is 0 Å². The highest BCUT2D eigenvalue weighted by atomic mass is 16.7. The molecule has 34 heavy (non-hydrogen) atoms. The van der Waals surface area contributed by atoms with E-state index in [1.165, 1.54) is 6.26 Å². The van der Waals surface area contributed by atoms with Crippen LogP contribution < -0.4 is 0 Å². The zero-order chi connectivity index (χ0) is 23.8. The number of epoxide rings is 1. The van der Waals surface area contributed by atoms with Gasteiger partial charge in [0.2, 0.25) is 0 Å². The molecule has 0 bridgehead atoms. The van der Waals surface area contributed by atoms with E-state index in [-0.39, 0.29) is 36.6 Å². The lowest BCUT2D eigenvalue weighted by atomic mass is 9.39. The molecule has 0 amide bonds. The topological polar surface area (TPSA) is 125 Å². The highest BCUT2D eigenvalue weighted by molar-refractivity contribution is 5.91. The third kappa shape index (κ3) is 2.08. The minimum atomic E-state index is -1.35. The normalized spacial score (nSPS) is 52.4. The van der Waals surface area contributed by atoms with Crippen LogP contribution in [0.5, 0.6) is 0 Å². The number of Topliss-reactive ketones (excluding diaryl/α,β-unsaturated/α-hetero) is 1. The Balaban J connectivity index is 1.41. The minimum absolute atomic E-state index is 0.0599. The third-order valence-corrected chi connectivity index (χ3v) is 10.1. The molecule has 0 radical (unpaired) electrons. The summed E-state index contributed by atoms with van der Waals surface area (Å²) in [5, 5.41) is 11.7. The van der Waals surface area contributed by atoms with Crippen LogP contribution in [0.2, 0.25) is 0 Å². The number of fused-ring (bicyclic) bond motifs is 1. The zero-order valence-corrected chi connectivity index (χ0v) is 19.3. The van der Waals surface area contributed by atoms with Crippen molar-refractivity contribution in [3.63, 3.8) is 0 Å². The largest absolute Gasteiger partial charge is 0.472 e. The first-order valence-corrected chi connectivity index (χ1v) is 12.0. The molecule has 2 spiro atoms. The molecule has 7 rings (SSSR count). The molecule has 6 fully saturated rings. The van der Waals surface area contributed by atoms with E-state index in [0.717, 1.165) is 5.56 Å². The summed E-state index contributed by atoms with van der Waals surface area (Å²) in [6.45, 7) is 5.64. The van der Waals surface area contributed by atoms with Gasteiger partial charge >= 0.3 is 11.9 Å². The number of hydrogen-bond donors (Lipinski definition) is 1. The molecule has 2 aliphatic carbocycles. The fourth-order valence-electron chi connectivity index (χ4n) is 9.01. The Hall–Kier alpha value is -2.23. The van der Waals surface area contributed by atoms with Crippen LogP contribution in [0.15, 0.2) is 23.0 Å². The molecule has 182 valence electrons. The van der Waals surface area contributed by atoms with Crippen LogP contribution in [0, 0.1) is 28.6 Å². The van der Waals surface area contributed by atoms with Crippen molar-refractivity contribution in [3.05, 3.63) is 24.2 Å².